The topological polar surface area (TPSA) is 135 Å². The molecule has 0 saturated heterocycles. The third-order valence-corrected chi connectivity index (χ3v) is 5.90. The second kappa shape index (κ2) is 8.15. The van der Waals surface area contributed by atoms with Crippen LogP contribution in [0.4, 0.5) is 16.5 Å². The number of aromatic amines is 1. The Morgan fingerprint density at radius 3 is 2.85 bits per heavy atom. The van der Waals surface area contributed by atoms with Crippen molar-refractivity contribution in [2.24, 2.45) is 14.1 Å². The average Bonchev–Trinajstić information content (AvgIpc) is 3.54. The van der Waals surface area contributed by atoms with Gasteiger partial charge in [0.1, 0.15) is 5.69 Å². The first-order valence-electron chi connectivity index (χ1n) is 9.63. The lowest BCUT2D eigenvalue weighted by Gasteiger charge is -2.07. The highest BCUT2D eigenvalue weighted by Crippen LogP contribution is 2.33. The first-order valence-corrected chi connectivity index (χ1v) is 10.8. The minimum atomic E-state index is -0.484. The molecule has 1 amide bonds. The van der Waals surface area contributed by atoms with Crippen LogP contribution in [0.5, 0.6) is 0 Å². The third-order valence-electron chi connectivity index (χ3n) is 4.86. The lowest BCUT2D eigenvalue weighted by atomic mass is 10.2. The highest BCUT2D eigenvalue weighted by molar-refractivity contribution is 7.10. The van der Waals surface area contributed by atoms with Crippen molar-refractivity contribution in [1.82, 2.24) is 33.9 Å². The van der Waals surface area contributed by atoms with E-state index in [-0.39, 0.29) is 16.9 Å². The molecule has 1 aromatic carbocycles. The molecule has 11 nitrogen and oxygen atoms in total. The molecule has 0 aliphatic rings. The average molecular weight is 482 g/mol. The monoisotopic (exact) mass is 481 g/mol. The van der Waals surface area contributed by atoms with Crippen LogP contribution in [0.15, 0.2) is 47.7 Å². The summed E-state index contributed by atoms with van der Waals surface area (Å²) in [6, 6.07) is 6.79. The van der Waals surface area contributed by atoms with Gasteiger partial charge in [-0.1, -0.05) is 11.6 Å². The summed E-state index contributed by atoms with van der Waals surface area (Å²) in [4.78, 5) is 29.5. The molecule has 0 atom stereocenters. The van der Waals surface area contributed by atoms with Crippen molar-refractivity contribution in [2.45, 2.75) is 0 Å². The van der Waals surface area contributed by atoms with Crippen molar-refractivity contribution in [3.05, 3.63) is 63.9 Å². The molecule has 5 rings (SSSR count). The standard InChI is InChI=1S/C20H16ClN9O2S/c1-29-9-10(7-15(19(29)32)23-18(31)14-5-6-30(2)27-14)17-25-20(33-28-17)24-13-4-3-12-11(16(13)21)8-22-26-12/h3-9H,1-2H3,(H,22,26)(H,23,31)(H,24,25,28). The van der Waals surface area contributed by atoms with E-state index in [0.29, 0.717) is 27.2 Å². The largest absolute Gasteiger partial charge is 0.329 e. The molecule has 0 aliphatic heterocycles. The van der Waals surface area contributed by atoms with Gasteiger partial charge in [0.2, 0.25) is 5.13 Å². The zero-order chi connectivity index (χ0) is 23.1. The van der Waals surface area contributed by atoms with E-state index in [4.69, 9.17) is 11.6 Å². The van der Waals surface area contributed by atoms with E-state index in [0.717, 1.165) is 22.4 Å². The van der Waals surface area contributed by atoms with Crippen LogP contribution in [0, 0.1) is 0 Å². The van der Waals surface area contributed by atoms with Gasteiger partial charge in [-0.05, 0) is 24.3 Å². The minimum Gasteiger partial charge on any atom is -0.329 e. The zero-order valence-electron chi connectivity index (χ0n) is 17.3. The molecule has 4 aromatic heterocycles. The first kappa shape index (κ1) is 20.8. The highest BCUT2D eigenvalue weighted by Gasteiger charge is 2.16. The Morgan fingerprint density at radius 1 is 1.21 bits per heavy atom. The summed E-state index contributed by atoms with van der Waals surface area (Å²) >= 11 is 7.61. The van der Waals surface area contributed by atoms with Gasteiger partial charge in [0.25, 0.3) is 11.5 Å². The lowest BCUT2D eigenvalue weighted by molar-refractivity contribution is 0.102. The van der Waals surface area contributed by atoms with E-state index < -0.39 is 5.91 Å². The first-order chi connectivity index (χ1) is 15.9. The Bertz CT molecular complexity index is 1570. The van der Waals surface area contributed by atoms with Gasteiger partial charge in [-0.3, -0.25) is 19.4 Å². The summed E-state index contributed by atoms with van der Waals surface area (Å²) < 4.78 is 7.25. The maximum atomic E-state index is 12.5. The van der Waals surface area contributed by atoms with Gasteiger partial charge in [-0.2, -0.15) is 19.6 Å². The number of rotatable bonds is 5. The molecular formula is C20H16ClN9O2S. The molecule has 13 heteroatoms. The number of fused-ring (bicyclic) bond motifs is 1. The summed E-state index contributed by atoms with van der Waals surface area (Å²) in [5, 5.41) is 18.5. The van der Waals surface area contributed by atoms with Crippen molar-refractivity contribution in [3.8, 4) is 11.4 Å². The van der Waals surface area contributed by atoms with Crippen molar-refractivity contribution in [1.29, 1.82) is 0 Å². The van der Waals surface area contributed by atoms with E-state index in [2.05, 4.69) is 35.3 Å². The van der Waals surface area contributed by atoms with E-state index in [1.807, 2.05) is 12.1 Å². The van der Waals surface area contributed by atoms with E-state index in [9.17, 15) is 9.59 Å². The fourth-order valence-electron chi connectivity index (χ4n) is 3.23. The number of carbonyl (C=O) groups excluding carboxylic acids is 1. The Hall–Kier alpha value is -4.03. The number of anilines is 3. The Labute approximate surface area is 195 Å². The Morgan fingerprint density at radius 2 is 2.06 bits per heavy atom. The molecule has 0 aliphatic carbocycles. The smallest absolute Gasteiger partial charge is 0.276 e. The van der Waals surface area contributed by atoms with Crippen LogP contribution in [-0.4, -0.2) is 39.8 Å². The predicted octanol–water partition coefficient (Wildman–Crippen LogP) is 3.16. The van der Waals surface area contributed by atoms with Gasteiger partial charge in [0.15, 0.2) is 11.5 Å². The summed E-state index contributed by atoms with van der Waals surface area (Å²) in [5.41, 5.74) is 2.00. The van der Waals surface area contributed by atoms with Gasteiger partial charge < -0.3 is 15.2 Å². The fourth-order valence-corrected chi connectivity index (χ4v) is 4.10. The number of benzene rings is 1. The second-order valence-corrected chi connectivity index (χ2v) is 8.32. The van der Waals surface area contributed by atoms with Gasteiger partial charge in [-0.25, -0.2) is 0 Å². The van der Waals surface area contributed by atoms with Crippen LogP contribution in [0.25, 0.3) is 22.3 Å². The van der Waals surface area contributed by atoms with Crippen LogP contribution in [0.2, 0.25) is 5.02 Å². The van der Waals surface area contributed by atoms with Gasteiger partial charge in [-0.15, -0.1) is 0 Å². The van der Waals surface area contributed by atoms with Crippen molar-refractivity contribution in [2.75, 3.05) is 10.6 Å². The molecule has 0 fully saturated rings. The molecule has 33 heavy (non-hydrogen) atoms. The Balaban J connectivity index is 1.42. The number of nitrogens with one attached hydrogen (secondary N) is 3. The quantitative estimate of drug-likeness (QED) is 0.351. The van der Waals surface area contributed by atoms with E-state index >= 15 is 0 Å². The van der Waals surface area contributed by atoms with Crippen LogP contribution in [-0.2, 0) is 14.1 Å². The molecule has 0 spiro atoms. The van der Waals surface area contributed by atoms with E-state index in [1.165, 1.54) is 9.25 Å². The van der Waals surface area contributed by atoms with Crippen LogP contribution in [0.3, 0.4) is 0 Å². The summed E-state index contributed by atoms with van der Waals surface area (Å²) in [6.45, 7) is 0. The highest BCUT2D eigenvalue weighted by atomic mass is 35.5. The predicted molar refractivity (Wildman–Crippen MR) is 126 cm³/mol. The van der Waals surface area contributed by atoms with Crippen LogP contribution in [0.1, 0.15) is 10.5 Å². The van der Waals surface area contributed by atoms with E-state index in [1.54, 1.807) is 44.8 Å². The zero-order valence-corrected chi connectivity index (χ0v) is 18.9. The molecule has 0 saturated carbocycles. The molecule has 0 bridgehead atoms. The molecule has 0 unspecified atom stereocenters. The number of carbonyl (C=O) groups is 1. The summed E-state index contributed by atoms with van der Waals surface area (Å²) in [6.07, 6.45) is 4.91. The van der Waals surface area contributed by atoms with Crippen LogP contribution < -0.4 is 16.2 Å². The molecule has 5 aromatic rings. The number of amides is 1. The number of hydrogen-bond donors (Lipinski definition) is 3. The van der Waals surface area contributed by atoms with Crippen molar-refractivity contribution >= 4 is 56.4 Å². The number of halogens is 1. The maximum Gasteiger partial charge on any atom is 0.276 e. The SMILES string of the molecule is Cn1ccc(C(=O)Nc2cc(-c3nsc(Nc4ccc5[nH]ncc5c4Cl)n3)cn(C)c2=O)n1. The number of aryl methyl sites for hydroxylation is 2. The molecule has 166 valence electrons. The van der Waals surface area contributed by atoms with Gasteiger partial charge >= 0.3 is 0 Å². The van der Waals surface area contributed by atoms with Gasteiger partial charge in [0.05, 0.1) is 22.4 Å². The second-order valence-electron chi connectivity index (χ2n) is 7.19. The number of pyridine rings is 1. The summed E-state index contributed by atoms with van der Waals surface area (Å²) in [5.74, 6) is -0.0883. The van der Waals surface area contributed by atoms with Gasteiger partial charge in [0, 0.05) is 49.0 Å². The summed E-state index contributed by atoms with van der Waals surface area (Å²) in [7, 11) is 3.30. The maximum absolute atomic E-state index is 12.5. The Kier molecular flexibility index (Phi) is 5.15. The normalized spacial score (nSPS) is 11.1. The third kappa shape index (κ3) is 3.97. The van der Waals surface area contributed by atoms with Crippen molar-refractivity contribution in [3.63, 3.8) is 0 Å². The number of H-pyrrole nitrogens is 1. The molecule has 4 heterocycles. The van der Waals surface area contributed by atoms with Crippen molar-refractivity contribution < 1.29 is 4.79 Å². The molecular weight excluding hydrogens is 466 g/mol. The van der Waals surface area contributed by atoms with Crippen LogP contribution >= 0.6 is 23.1 Å². The molecule has 3 N–H and O–H groups in total. The number of nitrogens with zero attached hydrogens (tertiary/aromatic N) is 6. The number of hydrogen-bond acceptors (Lipinski definition) is 8. The minimum absolute atomic E-state index is 0.100. The lowest BCUT2D eigenvalue weighted by Crippen LogP contribution is -2.24. The fraction of sp³-hybridized carbons (Fsp3) is 0.100. The number of aromatic nitrogens is 7. The molecule has 0 radical (unpaired) electrons.